The molecule has 0 bridgehead atoms. The van der Waals surface area contributed by atoms with E-state index in [0.717, 1.165) is 14.9 Å². The monoisotopic (exact) mass is 286 g/mol. The van der Waals surface area contributed by atoms with E-state index in [1.54, 1.807) is 11.3 Å². The zero-order valence-electron chi connectivity index (χ0n) is 7.28. The van der Waals surface area contributed by atoms with E-state index in [0.29, 0.717) is 0 Å². The van der Waals surface area contributed by atoms with Gasteiger partial charge in [-0.15, -0.1) is 22.9 Å². The lowest BCUT2D eigenvalue weighted by Crippen LogP contribution is -1.89. The average Bonchev–Trinajstić information content (AvgIpc) is 2.65. The van der Waals surface area contributed by atoms with Crippen LogP contribution in [0.1, 0.15) is 15.8 Å². The Morgan fingerprint density at radius 2 is 1.86 bits per heavy atom. The summed E-state index contributed by atoms with van der Waals surface area (Å²) in [6, 6.07) is 12.1. The van der Waals surface area contributed by atoms with Crippen LogP contribution in [-0.4, -0.2) is 0 Å². The van der Waals surface area contributed by atoms with Crippen molar-refractivity contribution < 1.29 is 0 Å². The molecule has 0 radical (unpaired) electrons. The summed E-state index contributed by atoms with van der Waals surface area (Å²) in [5.74, 6) is 0. The second-order valence-corrected chi connectivity index (χ2v) is 5.14. The largest absolute Gasteiger partial charge is 0.146 e. The van der Waals surface area contributed by atoms with Crippen LogP contribution in [0.25, 0.3) is 0 Å². The van der Waals surface area contributed by atoms with Crippen LogP contribution in [0, 0.1) is 0 Å². The molecule has 1 aromatic heterocycles. The lowest BCUT2D eigenvalue weighted by Gasteiger charge is -2.07. The SMILES string of the molecule is ClC(c1ccccc1)c1sccc1Br. The number of rotatable bonds is 2. The smallest absolute Gasteiger partial charge is 0.0939 e. The predicted molar refractivity (Wildman–Crippen MR) is 66.2 cm³/mol. The molecule has 1 aromatic carbocycles. The average molecular weight is 288 g/mol. The maximum absolute atomic E-state index is 6.36. The van der Waals surface area contributed by atoms with Crippen molar-refractivity contribution in [2.75, 3.05) is 0 Å². The Morgan fingerprint density at radius 1 is 1.14 bits per heavy atom. The minimum absolute atomic E-state index is 0.0504. The van der Waals surface area contributed by atoms with Crippen LogP contribution in [0.2, 0.25) is 0 Å². The summed E-state index contributed by atoms with van der Waals surface area (Å²) in [5, 5.41) is 1.99. The number of halogens is 2. The molecular weight excluding hydrogens is 280 g/mol. The number of benzene rings is 1. The van der Waals surface area contributed by atoms with Gasteiger partial charge in [0.15, 0.2) is 0 Å². The molecule has 72 valence electrons. The summed E-state index contributed by atoms with van der Waals surface area (Å²) < 4.78 is 1.09. The summed E-state index contributed by atoms with van der Waals surface area (Å²) in [7, 11) is 0. The van der Waals surface area contributed by atoms with Crippen molar-refractivity contribution in [1.29, 1.82) is 0 Å². The van der Waals surface area contributed by atoms with Crippen LogP contribution in [0.15, 0.2) is 46.3 Å². The quantitative estimate of drug-likeness (QED) is 0.693. The van der Waals surface area contributed by atoms with Crippen LogP contribution >= 0.6 is 38.9 Å². The van der Waals surface area contributed by atoms with E-state index in [2.05, 4.69) is 15.9 Å². The standard InChI is InChI=1S/C11H8BrClS/c12-9-6-7-14-11(9)10(13)8-4-2-1-3-5-8/h1-7,10H. The van der Waals surface area contributed by atoms with Gasteiger partial charge in [0.25, 0.3) is 0 Å². The van der Waals surface area contributed by atoms with Gasteiger partial charge in [0, 0.05) is 9.35 Å². The van der Waals surface area contributed by atoms with Gasteiger partial charge in [0.2, 0.25) is 0 Å². The summed E-state index contributed by atoms with van der Waals surface area (Å²) in [5.41, 5.74) is 1.14. The fourth-order valence-corrected chi connectivity index (χ4v) is 3.41. The van der Waals surface area contributed by atoms with Crippen LogP contribution in [0.3, 0.4) is 0 Å². The number of thiophene rings is 1. The van der Waals surface area contributed by atoms with Crippen molar-refractivity contribution >= 4 is 38.9 Å². The summed E-state index contributed by atoms with van der Waals surface area (Å²) >= 11 is 11.5. The Bertz CT molecular complexity index is 410. The molecule has 0 amide bonds. The second kappa shape index (κ2) is 4.47. The normalized spacial score (nSPS) is 12.7. The van der Waals surface area contributed by atoms with Gasteiger partial charge >= 0.3 is 0 Å². The Hall–Kier alpha value is -0.310. The van der Waals surface area contributed by atoms with Crippen LogP contribution < -0.4 is 0 Å². The third-order valence-electron chi connectivity index (χ3n) is 1.97. The van der Waals surface area contributed by atoms with Gasteiger partial charge in [-0.25, -0.2) is 0 Å². The zero-order chi connectivity index (χ0) is 9.97. The Balaban J connectivity index is 2.34. The van der Waals surface area contributed by atoms with Crippen molar-refractivity contribution in [2.45, 2.75) is 5.38 Å². The summed E-state index contributed by atoms with van der Waals surface area (Å²) in [6.07, 6.45) is 0. The van der Waals surface area contributed by atoms with E-state index in [1.807, 2.05) is 41.8 Å². The van der Waals surface area contributed by atoms with Crippen molar-refractivity contribution in [3.63, 3.8) is 0 Å². The first kappa shape index (κ1) is 10.2. The van der Waals surface area contributed by atoms with E-state index in [1.165, 1.54) is 0 Å². The number of hydrogen-bond donors (Lipinski definition) is 0. The predicted octanol–water partition coefficient (Wildman–Crippen LogP) is 4.84. The summed E-state index contributed by atoms with van der Waals surface area (Å²) in [6.45, 7) is 0. The van der Waals surface area contributed by atoms with Gasteiger partial charge in [-0.3, -0.25) is 0 Å². The van der Waals surface area contributed by atoms with Crippen molar-refractivity contribution in [1.82, 2.24) is 0 Å². The molecule has 0 nitrogen and oxygen atoms in total. The van der Waals surface area contributed by atoms with Gasteiger partial charge in [-0.1, -0.05) is 30.3 Å². The van der Waals surface area contributed by atoms with Gasteiger partial charge < -0.3 is 0 Å². The van der Waals surface area contributed by atoms with Crippen LogP contribution in [-0.2, 0) is 0 Å². The third-order valence-corrected chi connectivity index (χ3v) is 4.50. The molecule has 3 heteroatoms. The lowest BCUT2D eigenvalue weighted by molar-refractivity contribution is 1.17. The molecule has 0 aliphatic carbocycles. The minimum Gasteiger partial charge on any atom is -0.146 e. The molecule has 0 N–H and O–H groups in total. The highest BCUT2D eigenvalue weighted by Gasteiger charge is 2.14. The van der Waals surface area contributed by atoms with E-state index >= 15 is 0 Å². The van der Waals surface area contributed by atoms with E-state index < -0.39 is 0 Å². The molecular formula is C11H8BrClS. The summed E-state index contributed by atoms with van der Waals surface area (Å²) in [4.78, 5) is 1.16. The van der Waals surface area contributed by atoms with E-state index in [4.69, 9.17) is 11.6 Å². The molecule has 1 atom stereocenters. The molecule has 14 heavy (non-hydrogen) atoms. The highest BCUT2D eigenvalue weighted by Crippen LogP contribution is 2.37. The Labute approximate surface area is 101 Å². The molecule has 1 heterocycles. The van der Waals surface area contributed by atoms with Crippen LogP contribution in [0.4, 0.5) is 0 Å². The maximum Gasteiger partial charge on any atom is 0.0939 e. The molecule has 0 saturated carbocycles. The lowest BCUT2D eigenvalue weighted by atomic mass is 10.1. The highest BCUT2D eigenvalue weighted by atomic mass is 79.9. The van der Waals surface area contributed by atoms with E-state index in [9.17, 15) is 0 Å². The minimum atomic E-state index is -0.0504. The fourth-order valence-electron chi connectivity index (χ4n) is 1.26. The molecule has 0 spiro atoms. The molecule has 0 aliphatic rings. The fraction of sp³-hybridized carbons (Fsp3) is 0.0909. The number of alkyl halides is 1. The van der Waals surface area contributed by atoms with E-state index in [-0.39, 0.29) is 5.38 Å². The molecule has 0 aliphatic heterocycles. The van der Waals surface area contributed by atoms with Crippen molar-refractivity contribution in [3.8, 4) is 0 Å². The van der Waals surface area contributed by atoms with Gasteiger partial charge in [0.1, 0.15) is 0 Å². The van der Waals surface area contributed by atoms with Gasteiger partial charge in [-0.2, -0.15) is 0 Å². The molecule has 2 rings (SSSR count). The third kappa shape index (κ3) is 2.02. The van der Waals surface area contributed by atoms with Gasteiger partial charge in [-0.05, 0) is 32.9 Å². The van der Waals surface area contributed by atoms with Gasteiger partial charge in [0.05, 0.1) is 5.38 Å². The maximum atomic E-state index is 6.36. The Kier molecular flexibility index (Phi) is 3.26. The first-order valence-electron chi connectivity index (χ1n) is 4.21. The van der Waals surface area contributed by atoms with Crippen LogP contribution in [0.5, 0.6) is 0 Å². The molecule has 0 fully saturated rings. The molecule has 2 aromatic rings. The zero-order valence-corrected chi connectivity index (χ0v) is 10.4. The Morgan fingerprint density at radius 3 is 2.43 bits per heavy atom. The second-order valence-electron chi connectivity index (χ2n) is 2.91. The topological polar surface area (TPSA) is 0 Å². The number of hydrogen-bond acceptors (Lipinski definition) is 1. The molecule has 1 unspecified atom stereocenters. The first-order chi connectivity index (χ1) is 6.79. The van der Waals surface area contributed by atoms with Crippen molar-refractivity contribution in [3.05, 3.63) is 56.7 Å². The first-order valence-corrected chi connectivity index (χ1v) is 6.32. The van der Waals surface area contributed by atoms with Crippen molar-refractivity contribution in [2.24, 2.45) is 0 Å². The highest BCUT2D eigenvalue weighted by molar-refractivity contribution is 9.10. The molecule has 0 saturated heterocycles.